The molecule has 3 heterocycles. The van der Waals surface area contributed by atoms with Crippen LogP contribution in [0.1, 0.15) is 135 Å². The van der Waals surface area contributed by atoms with E-state index in [1.165, 1.54) is 108 Å². The molecule has 7 aromatic carbocycles. The van der Waals surface area contributed by atoms with Gasteiger partial charge in [0.25, 0.3) is 6.71 Å². The second-order valence-corrected chi connectivity index (χ2v) is 24.3. The molecule has 0 bridgehead atoms. The number of hydrogen-bond donors (Lipinski definition) is 0. The Labute approximate surface area is 399 Å². The van der Waals surface area contributed by atoms with Gasteiger partial charge in [-0.15, -0.1) is 0 Å². The predicted molar refractivity (Wildman–Crippen MR) is 287 cm³/mol. The van der Waals surface area contributed by atoms with Crippen molar-refractivity contribution >= 4 is 79.2 Å². The zero-order chi connectivity index (χ0) is 46.7. The van der Waals surface area contributed by atoms with Crippen molar-refractivity contribution in [2.24, 2.45) is 0 Å². The minimum Gasteiger partial charge on any atom is -0.454 e. The molecule has 0 atom stereocenters. The molecule has 0 spiro atoms. The Hall–Kier alpha value is -6.00. The van der Waals surface area contributed by atoms with Gasteiger partial charge >= 0.3 is 0 Å². The number of benzene rings is 7. The van der Waals surface area contributed by atoms with Gasteiger partial charge in [0.05, 0.1) is 5.69 Å². The summed E-state index contributed by atoms with van der Waals surface area (Å²) in [6.07, 6.45) is 4.67. The summed E-state index contributed by atoms with van der Waals surface area (Å²) in [6.45, 7) is 28.8. The molecule has 3 nitrogen and oxygen atoms in total. The second kappa shape index (κ2) is 14.0. The van der Waals surface area contributed by atoms with Crippen LogP contribution in [0.5, 0.6) is 0 Å². The summed E-state index contributed by atoms with van der Waals surface area (Å²) in [4.78, 5) is 5.26. The molecule has 0 fully saturated rings. The van der Waals surface area contributed by atoms with Gasteiger partial charge in [0, 0.05) is 39.2 Å². The van der Waals surface area contributed by atoms with Crippen LogP contribution in [-0.2, 0) is 27.1 Å². The zero-order valence-electron chi connectivity index (χ0n) is 41.8. The Morgan fingerprint density at radius 2 is 1.10 bits per heavy atom. The molecule has 0 saturated carbocycles. The number of rotatable bonds is 3. The standard InChI is InChI=1S/C63H65BN2O/c1-38-18-16-17-21-51(38)66-54-33-40(39-19-14-13-15-20-39)32-53-56(54)64(49-26-24-43-44-34-41(59(2,3)4)22-27-55(44)67-58(43)57(49)66)50-36-47-48(63(11,12)31-30-62(47,9)10)37-52(50)65(53)42-23-25-45-46(35-42)61(7,8)29-28-60(45,5)6/h13-27,32-37H,28-31H2,1-12H3. The molecule has 8 aromatic rings. The summed E-state index contributed by atoms with van der Waals surface area (Å²) >= 11 is 0. The molecular weight excluding hydrogens is 812 g/mol. The molecule has 2 aliphatic heterocycles. The fourth-order valence-electron chi connectivity index (χ4n) is 12.7. The van der Waals surface area contributed by atoms with E-state index in [-0.39, 0.29) is 33.8 Å². The average Bonchev–Trinajstić information content (AvgIpc) is 3.68. The topological polar surface area (TPSA) is 19.6 Å². The van der Waals surface area contributed by atoms with Gasteiger partial charge in [0.1, 0.15) is 5.58 Å². The lowest BCUT2D eigenvalue weighted by Gasteiger charge is -2.48. The van der Waals surface area contributed by atoms with Gasteiger partial charge in [0.2, 0.25) is 0 Å². The van der Waals surface area contributed by atoms with Gasteiger partial charge < -0.3 is 14.2 Å². The van der Waals surface area contributed by atoms with Crippen LogP contribution in [0.2, 0.25) is 0 Å². The van der Waals surface area contributed by atoms with E-state index in [2.05, 4.69) is 220 Å². The van der Waals surface area contributed by atoms with Crippen molar-refractivity contribution < 1.29 is 4.42 Å². The van der Waals surface area contributed by atoms with Gasteiger partial charge in [-0.05, 0) is 169 Å². The van der Waals surface area contributed by atoms with Crippen molar-refractivity contribution in [1.29, 1.82) is 0 Å². The molecule has 0 unspecified atom stereocenters. The molecule has 0 saturated heterocycles. The van der Waals surface area contributed by atoms with Gasteiger partial charge in [-0.25, -0.2) is 0 Å². The molecule has 4 aliphatic rings. The Morgan fingerprint density at radius 3 is 1.78 bits per heavy atom. The third kappa shape index (κ3) is 6.23. The zero-order valence-corrected chi connectivity index (χ0v) is 41.8. The quantitative estimate of drug-likeness (QED) is 0.165. The Balaban J connectivity index is 1.25. The van der Waals surface area contributed by atoms with Crippen LogP contribution >= 0.6 is 0 Å². The molecular formula is C63H65BN2O. The maximum Gasteiger partial charge on any atom is 0.252 e. The third-order valence-corrected chi connectivity index (χ3v) is 17.1. The predicted octanol–water partition coefficient (Wildman–Crippen LogP) is 15.6. The normalized spacial score (nSPS) is 18.3. The van der Waals surface area contributed by atoms with Crippen molar-refractivity contribution in [2.45, 2.75) is 136 Å². The van der Waals surface area contributed by atoms with E-state index >= 15 is 0 Å². The second-order valence-electron chi connectivity index (χ2n) is 24.3. The first-order valence-electron chi connectivity index (χ1n) is 25.0. The molecule has 67 heavy (non-hydrogen) atoms. The van der Waals surface area contributed by atoms with E-state index in [4.69, 9.17) is 4.42 Å². The first-order chi connectivity index (χ1) is 31.7. The van der Waals surface area contributed by atoms with Crippen molar-refractivity contribution in [1.82, 2.24) is 0 Å². The highest BCUT2D eigenvalue weighted by atomic mass is 16.3. The Kier molecular flexibility index (Phi) is 8.87. The Morgan fingerprint density at radius 1 is 0.493 bits per heavy atom. The number of anilines is 6. The first kappa shape index (κ1) is 42.4. The number of furan rings is 1. The summed E-state index contributed by atoms with van der Waals surface area (Å²) in [5.41, 5.74) is 24.3. The first-order valence-corrected chi connectivity index (χ1v) is 25.0. The van der Waals surface area contributed by atoms with Crippen LogP contribution < -0.4 is 26.2 Å². The minimum absolute atomic E-state index is 0.00549. The summed E-state index contributed by atoms with van der Waals surface area (Å²) in [5, 5.41) is 2.33. The summed E-state index contributed by atoms with van der Waals surface area (Å²) in [7, 11) is 0. The van der Waals surface area contributed by atoms with E-state index < -0.39 is 0 Å². The fourth-order valence-corrected chi connectivity index (χ4v) is 12.7. The highest BCUT2D eigenvalue weighted by Gasteiger charge is 2.48. The largest absolute Gasteiger partial charge is 0.454 e. The summed E-state index contributed by atoms with van der Waals surface area (Å²) in [6, 6.07) is 49.4. The van der Waals surface area contributed by atoms with Crippen LogP contribution in [0, 0.1) is 6.92 Å². The monoisotopic (exact) mass is 877 g/mol. The van der Waals surface area contributed by atoms with Crippen molar-refractivity contribution in [3.05, 3.63) is 161 Å². The maximum atomic E-state index is 7.25. The molecule has 0 N–H and O–H groups in total. The minimum atomic E-state index is -0.0433. The molecule has 1 aromatic heterocycles. The van der Waals surface area contributed by atoms with Gasteiger partial charge in [0.15, 0.2) is 5.58 Å². The smallest absolute Gasteiger partial charge is 0.252 e. The molecule has 0 amide bonds. The fraction of sp³-hybridized carbons (Fsp3) is 0.333. The molecule has 0 radical (unpaired) electrons. The van der Waals surface area contributed by atoms with E-state index in [1.54, 1.807) is 0 Å². The maximum absolute atomic E-state index is 7.25. The Bertz CT molecular complexity index is 3380. The van der Waals surface area contributed by atoms with E-state index in [9.17, 15) is 0 Å². The number of aryl methyl sites for hydroxylation is 1. The number of nitrogens with zero attached hydrogens (tertiary/aromatic N) is 2. The van der Waals surface area contributed by atoms with E-state index in [1.807, 2.05) is 0 Å². The van der Waals surface area contributed by atoms with E-state index in [0.717, 1.165) is 35.1 Å². The average molecular weight is 877 g/mol. The summed E-state index contributed by atoms with van der Waals surface area (Å²) < 4.78 is 7.25. The van der Waals surface area contributed by atoms with Crippen LogP contribution in [0.3, 0.4) is 0 Å². The lowest BCUT2D eigenvalue weighted by Crippen LogP contribution is -2.62. The number of hydrogen-bond acceptors (Lipinski definition) is 3. The van der Waals surface area contributed by atoms with Crippen LogP contribution in [0.25, 0.3) is 33.1 Å². The molecule has 2 aliphatic carbocycles. The van der Waals surface area contributed by atoms with Crippen LogP contribution in [0.15, 0.2) is 132 Å². The SMILES string of the molecule is Cc1ccccc1N1c2cc(-c3ccccc3)cc3c2B(c2cc4c(cc2N3c2ccc3c(c2)C(C)(C)CCC3(C)C)C(C)(C)CCC4(C)C)c2ccc3c(oc4ccc(C(C)(C)C)cc43)c21. The van der Waals surface area contributed by atoms with Crippen LogP contribution in [-0.4, -0.2) is 6.71 Å². The lowest BCUT2D eigenvalue weighted by atomic mass is 9.33. The lowest BCUT2D eigenvalue weighted by molar-refractivity contribution is 0.332. The summed E-state index contributed by atoms with van der Waals surface area (Å²) in [5.74, 6) is 0. The van der Waals surface area contributed by atoms with Crippen molar-refractivity contribution in [2.75, 3.05) is 9.80 Å². The molecule has 336 valence electrons. The van der Waals surface area contributed by atoms with Gasteiger partial charge in [-0.2, -0.15) is 0 Å². The van der Waals surface area contributed by atoms with Crippen LogP contribution in [0.4, 0.5) is 34.1 Å². The molecule has 4 heteroatoms. The number of fused-ring (bicyclic) bond motifs is 10. The highest BCUT2D eigenvalue weighted by Crippen LogP contribution is 2.54. The molecule has 12 rings (SSSR count). The van der Waals surface area contributed by atoms with Gasteiger partial charge in [-0.3, -0.25) is 0 Å². The van der Waals surface area contributed by atoms with Crippen molar-refractivity contribution in [3.8, 4) is 11.1 Å². The highest BCUT2D eigenvalue weighted by molar-refractivity contribution is 7.00. The van der Waals surface area contributed by atoms with Crippen molar-refractivity contribution in [3.63, 3.8) is 0 Å². The van der Waals surface area contributed by atoms with E-state index in [0.29, 0.717) is 0 Å². The number of para-hydroxylation sites is 1. The third-order valence-electron chi connectivity index (χ3n) is 17.1. The van der Waals surface area contributed by atoms with Gasteiger partial charge in [-0.1, -0.05) is 155 Å².